The van der Waals surface area contributed by atoms with Gasteiger partial charge in [-0.15, -0.1) is 0 Å². The zero-order valence-corrected chi connectivity index (χ0v) is 16.4. The summed E-state index contributed by atoms with van der Waals surface area (Å²) in [6, 6.07) is 12.0. The molecule has 140 valence electrons. The van der Waals surface area contributed by atoms with Gasteiger partial charge < -0.3 is 10.1 Å². The summed E-state index contributed by atoms with van der Waals surface area (Å²) in [4.78, 5) is 12.2. The minimum Gasteiger partial charge on any atom is -0.367 e. The van der Waals surface area contributed by atoms with Crippen LogP contribution in [0.3, 0.4) is 0 Å². The molecule has 0 bridgehead atoms. The lowest BCUT2D eigenvalue weighted by Gasteiger charge is -2.15. The number of halogens is 1. The zero-order chi connectivity index (χ0) is 19.3. The van der Waals surface area contributed by atoms with E-state index in [0.29, 0.717) is 16.3 Å². The smallest absolute Gasteiger partial charge is 0.250 e. The molecular weight excluding hydrogens is 376 g/mol. The number of benzene rings is 2. The average Bonchev–Trinajstić information content (AvgIpc) is 2.58. The Hall–Kier alpha value is -1.93. The minimum atomic E-state index is -3.59. The first-order chi connectivity index (χ1) is 12.2. The molecule has 0 heterocycles. The summed E-state index contributed by atoms with van der Waals surface area (Å²) in [5, 5.41) is 3.22. The van der Waals surface area contributed by atoms with Crippen molar-refractivity contribution in [3.05, 3.63) is 58.6 Å². The number of nitrogens with zero attached hydrogens (tertiary/aromatic N) is 1. The number of amides is 1. The van der Waals surface area contributed by atoms with Crippen molar-refractivity contribution in [2.45, 2.75) is 18.4 Å². The Morgan fingerprint density at radius 3 is 2.54 bits per heavy atom. The third-order valence-corrected chi connectivity index (χ3v) is 6.00. The summed E-state index contributed by atoms with van der Waals surface area (Å²) in [5.74, 6) is -0.380. The Bertz CT molecular complexity index is 898. The number of carbonyl (C=O) groups is 1. The monoisotopic (exact) mass is 396 g/mol. The van der Waals surface area contributed by atoms with E-state index >= 15 is 0 Å². The van der Waals surface area contributed by atoms with Crippen LogP contribution in [0, 0.1) is 6.92 Å². The van der Waals surface area contributed by atoms with Crippen LogP contribution in [0.1, 0.15) is 11.1 Å². The van der Waals surface area contributed by atoms with Gasteiger partial charge in [-0.05, 0) is 36.2 Å². The molecule has 6 nitrogen and oxygen atoms in total. The van der Waals surface area contributed by atoms with E-state index in [1.807, 2.05) is 18.2 Å². The van der Waals surface area contributed by atoms with Crippen LogP contribution in [0.5, 0.6) is 0 Å². The minimum absolute atomic E-state index is 0.150. The van der Waals surface area contributed by atoms with Gasteiger partial charge in [-0.2, -0.15) is 0 Å². The van der Waals surface area contributed by atoms with E-state index in [-0.39, 0.29) is 24.0 Å². The highest BCUT2D eigenvalue weighted by Gasteiger charge is 2.20. The largest absolute Gasteiger partial charge is 0.367 e. The molecule has 0 saturated carbocycles. The molecule has 0 radical (unpaired) electrons. The molecule has 0 atom stereocenters. The van der Waals surface area contributed by atoms with E-state index in [1.165, 1.54) is 20.2 Å². The van der Waals surface area contributed by atoms with Crippen LogP contribution in [0.15, 0.2) is 47.4 Å². The lowest BCUT2D eigenvalue weighted by Crippen LogP contribution is -2.23. The van der Waals surface area contributed by atoms with Gasteiger partial charge in [0.25, 0.3) is 0 Å². The summed E-state index contributed by atoms with van der Waals surface area (Å²) in [7, 11) is -0.666. The van der Waals surface area contributed by atoms with Crippen LogP contribution in [0.25, 0.3) is 0 Å². The van der Waals surface area contributed by atoms with Crippen molar-refractivity contribution >= 4 is 33.2 Å². The van der Waals surface area contributed by atoms with Gasteiger partial charge in [0, 0.05) is 24.8 Å². The molecule has 1 N–H and O–H groups in total. The third-order valence-electron chi connectivity index (χ3n) is 3.68. The van der Waals surface area contributed by atoms with Crippen molar-refractivity contribution in [2.24, 2.45) is 0 Å². The molecule has 2 aromatic rings. The quantitative estimate of drug-likeness (QED) is 0.780. The second kappa shape index (κ2) is 8.64. The maximum atomic E-state index is 12.3. The van der Waals surface area contributed by atoms with Gasteiger partial charge in [0.2, 0.25) is 15.9 Å². The Labute approximate surface area is 158 Å². The summed E-state index contributed by atoms with van der Waals surface area (Å²) in [5.41, 5.74) is 1.78. The van der Waals surface area contributed by atoms with Gasteiger partial charge in [0.05, 0.1) is 11.5 Å². The first kappa shape index (κ1) is 20.4. The number of anilines is 1. The highest BCUT2D eigenvalue weighted by Crippen LogP contribution is 2.22. The van der Waals surface area contributed by atoms with Crippen LogP contribution >= 0.6 is 11.6 Å². The zero-order valence-electron chi connectivity index (χ0n) is 14.8. The molecule has 0 aliphatic carbocycles. The van der Waals surface area contributed by atoms with Crippen LogP contribution < -0.4 is 5.32 Å². The molecule has 26 heavy (non-hydrogen) atoms. The Kier molecular flexibility index (Phi) is 6.77. The fraction of sp³-hybridized carbons (Fsp3) is 0.278. The normalized spacial score (nSPS) is 11.6. The van der Waals surface area contributed by atoms with Crippen molar-refractivity contribution in [3.63, 3.8) is 0 Å². The number of ether oxygens (including phenoxy) is 1. The highest BCUT2D eigenvalue weighted by atomic mass is 35.5. The van der Waals surface area contributed by atoms with Gasteiger partial charge >= 0.3 is 0 Å². The van der Waals surface area contributed by atoms with E-state index in [4.69, 9.17) is 16.3 Å². The standard InChI is InChI=1S/C18H21ClN2O4S/c1-13-8-9-15(10-17(13)26(23,24)21(2)3)20-18(22)12-25-11-14-6-4-5-7-16(14)19/h4-10H,11-12H2,1-3H3,(H,20,22). The predicted molar refractivity (Wildman–Crippen MR) is 102 cm³/mol. The first-order valence-corrected chi connectivity index (χ1v) is 9.68. The number of sulfonamides is 1. The van der Waals surface area contributed by atoms with Crippen molar-refractivity contribution in [1.29, 1.82) is 0 Å². The van der Waals surface area contributed by atoms with E-state index in [1.54, 1.807) is 25.1 Å². The summed E-state index contributed by atoms with van der Waals surface area (Å²) in [6.45, 7) is 1.74. The number of carbonyl (C=O) groups excluding carboxylic acids is 1. The van der Waals surface area contributed by atoms with Gasteiger partial charge in [0.1, 0.15) is 6.61 Å². The number of nitrogens with one attached hydrogen (secondary N) is 1. The first-order valence-electron chi connectivity index (χ1n) is 7.86. The van der Waals surface area contributed by atoms with Crippen LogP contribution in [-0.4, -0.2) is 39.3 Å². The van der Waals surface area contributed by atoms with Crippen LogP contribution in [0.4, 0.5) is 5.69 Å². The van der Waals surface area contributed by atoms with E-state index < -0.39 is 10.0 Å². The molecule has 0 aliphatic rings. The van der Waals surface area contributed by atoms with Gasteiger partial charge in [-0.1, -0.05) is 35.9 Å². The highest BCUT2D eigenvalue weighted by molar-refractivity contribution is 7.89. The maximum absolute atomic E-state index is 12.3. The number of rotatable bonds is 7. The third kappa shape index (κ3) is 5.04. The Balaban J connectivity index is 2.00. The summed E-state index contributed by atoms with van der Waals surface area (Å²) >= 11 is 6.03. The molecule has 0 fully saturated rings. The molecule has 0 aromatic heterocycles. The van der Waals surface area contributed by atoms with Gasteiger partial charge in [-0.25, -0.2) is 12.7 Å². The van der Waals surface area contributed by atoms with Crippen molar-refractivity contribution < 1.29 is 17.9 Å². The van der Waals surface area contributed by atoms with Crippen molar-refractivity contribution in [1.82, 2.24) is 4.31 Å². The summed E-state index contributed by atoms with van der Waals surface area (Å²) < 4.78 is 31.2. The van der Waals surface area contributed by atoms with Gasteiger partial charge in [0.15, 0.2) is 0 Å². The molecular formula is C18H21ClN2O4S. The van der Waals surface area contributed by atoms with Crippen LogP contribution in [0.2, 0.25) is 5.02 Å². The van der Waals surface area contributed by atoms with E-state index in [0.717, 1.165) is 9.87 Å². The lowest BCUT2D eigenvalue weighted by molar-refractivity contribution is -0.121. The molecule has 0 saturated heterocycles. The van der Waals surface area contributed by atoms with E-state index in [9.17, 15) is 13.2 Å². The molecule has 0 aliphatic heterocycles. The Morgan fingerprint density at radius 1 is 1.19 bits per heavy atom. The molecule has 2 aromatic carbocycles. The van der Waals surface area contributed by atoms with Crippen molar-refractivity contribution in [3.8, 4) is 0 Å². The van der Waals surface area contributed by atoms with Crippen LogP contribution in [-0.2, 0) is 26.2 Å². The molecule has 0 spiro atoms. The summed E-state index contributed by atoms with van der Waals surface area (Å²) in [6.07, 6.45) is 0. The molecule has 1 amide bonds. The fourth-order valence-corrected chi connectivity index (χ4v) is 3.55. The average molecular weight is 397 g/mol. The Morgan fingerprint density at radius 2 is 1.88 bits per heavy atom. The predicted octanol–water partition coefficient (Wildman–Crippen LogP) is 3.05. The molecule has 0 unspecified atom stereocenters. The second-order valence-corrected chi connectivity index (χ2v) is 8.43. The van der Waals surface area contributed by atoms with E-state index in [2.05, 4.69) is 5.32 Å². The molecule has 2 rings (SSSR count). The second-order valence-electron chi connectivity index (χ2n) is 5.90. The number of hydrogen-bond donors (Lipinski definition) is 1. The number of hydrogen-bond acceptors (Lipinski definition) is 4. The topological polar surface area (TPSA) is 75.7 Å². The fourth-order valence-electron chi connectivity index (χ4n) is 2.22. The van der Waals surface area contributed by atoms with Crippen molar-refractivity contribution in [2.75, 3.05) is 26.0 Å². The maximum Gasteiger partial charge on any atom is 0.250 e. The molecule has 8 heteroatoms. The lowest BCUT2D eigenvalue weighted by atomic mass is 10.2. The number of aryl methyl sites for hydroxylation is 1. The SMILES string of the molecule is Cc1ccc(NC(=O)COCc2ccccc2Cl)cc1S(=O)(=O)N(C)C. The van der Waals surface area contributed by atoms with Gasteiger partial charge in [-0.3, -0.25) is 4.79 Å².